The lowest BCUT2D eigenvalue weighted by atomic mass is 9.83. The van der Waals surface area contributed by atoms with Crippen LogP contribution in [0.5, 0.6) is 0 Å². The Morgan fingerprint density at radius 3 is 2.50 bits per heavy atom. The summed E-state index contributed by atoms with van der Waals surface area (Å²) in [5, 5.41) is 5.88. The lowest BCUT2D eigenvalue weighted by molar-refractivity contribution is -0.140. The van der Waals surface area contributed by atoms with Gasteiger partial charge in [-0.25, -0.2) is 4.79 Å². The minimum atomic E-state index is -0.536. The van der Waals surface area contributed by atoms with E-state index in [-0.39, 0.29) is 22.7 Å². The molecule has 3 aromatic carbocycles. The van der Waals surface area contributed by atoms with E-state index in [1.165, 1.54) is 13.3 Å². The molecule has 0 radical (unpaired) electrons. The molecule has 1 aliphatic heterocycles. The molecule has 0 spiro atoms. The molecule has 1 aromatic heterocycles. The zero-order chi connectivity index (χ0) is 28.0. The number of hydrogen-bond acceptors (Lipinski definition) is 6. The number of hydrogen-bond donors (Lipinski definition) is 0. The van der Waals surface area contributed by atoms with Crippen LogP contribution in [0, 0.1) is 12.8 Å². The van der Waals surface area contributed by atoms with E-state index in [0.29, 0.717) is 22.4 Å². The zero-order valence-corrected chi connectivity index (χ0v) is 23.8. The number of thioether (sulfide) groups is 1. The molecule has 0 N–H and O–H groups in total. The fraction of sp³-hybridized carbons (Fsp3) is 0.333. The first kappa shape index (κ1) is 26.5. The maximum Gasteiger partial charge on any atom is 0.331 e. The fourth-order valence-corrected chi connectivity index (χ4v) is 7.94. The molecule has 0 amide bonds. The Labute approximate surface area is 237 Å². The van der Waals surface area contributed by atoms with Gasteiger partial charge in [-0.3, -0.25) is 9.59 Å². The molecule has 1 aliphatic carbocycles. The Hall–Kier alpha value is -3.71. The van der Waals surface area contributed by atoms with Gasteiger partial charge in [0.1, 0.15) is 5.71 Å². The zero-order valence-electron chi connectivity index (χ0n) is 23.0. The summed E-state index contributed by atoms with van der Waals surface area (Å²) in [6, 6.07) is 17.4. The Morgan fingerprint density at radius 2 is 1.77 bits per heavy atom. The van der Waals surface area contributed by atoms with E-state index in [2.05, 4.69) is 16.6 Å². The van der Waals surface area contributed by atoms with Gasteiger partial charge in [0, 0.05) is 51.3 Å². The second kappa shape index (κ2) is 10.7. The van der Waals surface area contributed by atoms with Crippen LogP contribution < -0.4 is 0 Å². The number of carbonyl (C=O) groups is 3. The highest BCUT2D eigenvalue weighted by Gasteiger charge is 2.40. The predicted molar refractivity (Wildman–Crippen MR) is 159 cm³/mol. The van der Waals surface area contributed by atoms with Crippen LogP contribution in [0.1, 0.15) is 77.8 Å². The van der Waals surface area contributed by atoms with Gasteiger partial charge in [-0.05, 0) is 68.5 Å². The number of oxime groups is 1. The topological polar surface area (TPSA) is 77.7 Å². The molecule has 0 bridgehead atoms. The largest absolute Gasteiger partial charge is 0.341 e. The smallest absolute Gasteiger partial charge is 0.331 e. The van der Waals surface area contributed by atoms with E-state index in [9.17, 15) is 14.4 Å². The molecule has 1 atom stereocenters. The van der Waals surface area contributed by atoms with E-state index in [0.717, 1.165) is 64.5 Å². The van der Waals surface area contributed by atoms with Gasteiger partial charge in [-0.1, -0.05) is 48.7 Å². The average Bonchev–Trinajstić information content (AvgIpc) is 3.30. The summed E-state index contributed by atoms with van der Waals surface area (Å²) in [6.07, 6.45) is 5.46. The van der Waals surface area contributed by atoms with Crippen LogP contribution in [-0.2, 0) is 16.2 Å². The molecule has 0 saturated heterocycles. The minimum absolute atomic E-state index is 0.0122. The van der Waals surface area contributed by atoms with E-state index >= 15 is 0 Å². The van der Waals surface area contributed by atoms with Gasteiger partial charge < -0.3 is 9.40 Å². The highest BCUT2D eigenvalue weighted by atomic mass is 32.2. The van der Waals surface area contributed by atoms with Gasteiger partial charge >= 0.3 is 5.97 Å². The van der Waals surface area contributed by atoms with Crippen LogP contribution >= 0.6 is 11.8 Å². The third kappa shape index (κ3) is 4.46. The molecule has 1 saturated carbocycles. The second-order valence-corrected chi connectivity index (χ2v) is 11.9. The van der Waals surface area contributed by atoms with Crippen molar-refractivity contribution in [3.63, 3.8) is 0 Å². The van der Waals surface area contributed by atoms with Gasteiger partial charge in [-0.2, -0.15) is 0 Å². The molecular weight excluding hydrogens is 520 g/mol. The second-order valence-electron chi connectivity index (χ2n) is 10.8. The molecule has 6 nitrogen and oxygen atoms in total. The van der Waals surface area contributed by atoms with E-state index < -0.39 is 5.97 Å². The van der Waals surface area contributed by atoms with Gasteiger partial charge in [-0.15, -0.1) is 11.8 Å². The van der Waals surface area contributed by atoms with Crippen LogP contribution in [0.25, 0.3) is 21.8 Å². The number of benzene rings is 3. The van der Waals surface area contributed by atoms with Crippen LogP contribution in [0.15, 0.2) is 64.6 Å². The number of Topliss-reactive ketones (excluding diaryl/α,β-unsaturated/α-hetero) is 1. The molecule has 7 heteroatoms. The molecular formula is C33H32N2O4S. The van der Waals surface area contributed by atoms with E-state index in [1.807, 2.05) is 61.5 Å². The summed E-state index contributed by atoms with van der Waals surface area (Å²) in [4.78, 5) is 45.1. The van der Waals surface area contributed by atoms with Crippen molar-refractivity contribution < 1.29 is 19.2 Å². The average molecular weight is 553 g/mol. The van der Waals surface area contributed by atoms with Crippen molar-refractivity contribution >= 4 is 56.8 Å². The Kier molecular flexibility index (Phi) is 7.09. The van der Waals surface area contributed by atoms with Crippen molar-refractivity contribution in [3.8, 4) is 0 Å². The van der Waals surface area contributed by atoms with Crippen LogP contribution in [0.4, 0.5) is 0 Å². The van der Waals surface area contributed by atoms with E-state index in [1.54, 1.807) is 11.8 Å². The van der Waals surface area contributed by atoms with Gasteiger partial charge in [0.15, 0.2) is 5.78 Å². The molecule has 2 aliphatic rings. The molecule has 6 rings (SSSR count). The molecule has 1 unspecified atom stereocenters. The van der Waals surface area contributed by atoms with Crippen molar-refractivity contribution in [2.45, 2.75) is 69.6 Å². The van der Waals surface area contributed by atoms with Crippen molar-refractivity contribution in [2.75, 3.05) is 0 Å². The SMILES string of the molecule is CCn1c2ccc(C(=O)c3ccccc3C)cc2c2c3c(ccc21)C(=O)/C(=N\OC(C)=O)C(C1CCCCC1)S3. The Bertz CT molecular complexity index is 1710. The molecule has 2 heterocycles. The quantitative estimate of drug-likeness (QED) is 0.145. The number of ketones is 2. The van der Waals surface area contributed by atoms with Crippen molar-refractivity contribution in [1.82, 2.24) is 4.57 Å². The highest BCUT2D eigenvalue weighted by Crippen LogP contribution is 2.47. The monoisotopic (exact) mass is 552 g/mol. The number of carbonyl (C=O) groups excluding carboxylic acids is 3. The van der Waals surface area contributed by atoms with Gasteiger partial charge in [0.2, 0.25) is 5.78 Å². The first-order chi connectivity index (χ1) is 19.4. The number of rotatable bonds is 5. The van der Waals surface area contributed by atoms with Crippen LogP contribution in [0.2, 0.25) is 0 Å². The number of aromatic nitrogens is 1. The normalized spacial score (nSPS) is 18.8. The standard InChI is InChI=1S/C33H32N2O4S/c1-4-35-26-16-14-22(30(37)23-13-9-8-10-19(23)2)18-25(26)28-27(35)17-15-24-31(38)29(34-39-20(3)36)32(40-33(24)28)21-11-6-5-7-12-21/h8-10,13-18,21,32H,4-7,11-12H2,1-3H3/b34-29+. The highest BCUT2D eigenvalue weighted by molar-refractivity contribution is 8.01. The Morgan fingerprint density at radius 1 is 1.02 bits per heavy atom. The van der Waals surface area contributed by atoms with Gasteiger partial charge in [0.25, 0.3) is 0 Å². The summed E-state index contributed by atoms with van der Waals surface area (Å²) in [5.74, 6) is -0.456. The summed E-state index contributed by atoms with van der Waals surface area (Å²) in [6.45, 7) is 6.12. The summed E-state index contributed by atoms with van der Waals surface area (Å²) in [5.41, 5.74) is 5.24. The van der Waals surface area contributed by atoms with E-state index in [4.69, 9.17) is 4.84 Å². The Balaban J connectivity index is 1.56. The number of nitrogens with zero attached hydrogens (tertiary/aromatic N) is 2. The summed E-state index contributed by atoms with van der Waals surface area (Å²) < 4.78 is 2.25. The first-order valence-electron chi connectivity index (χ1n) is 14.0. The fourth-order valence-electron chi connectivity index (χ4n) is 6.34. The molecule has 204 valence electrons. The lowest BCUT2D eigenvalue weighted by Crippen LogP contribution is -2.37. The predicted octanol–water partition coefficient (Wildman–Crippen LogP) is 7.51. The minimum Gasteiger partial charge on any atom is -0.341 e. The van der Waals surface area contributed by atoms with Crippen molar-refractivity contribution in [2.24, 2.45) is 11.1 Å². The van der Waals surface area contributed by atoms with Crippen LogP contribution in [-0.4, -0.2) is 33.1 Å². The summed E-state index contributed by atoms with van der Waals surface area (Å²) >= 11 is 1.67. The maximum absolute atomic E-state index is 13.9. The summed E-state index contributed by atoms with van der Waals surface area (Å²) in [7, 11) is 0. The third-order valence-electron chi connectivity index (χ3n) is 8.29. The molecule has 1 fully saturated rings. The van der Waals surface area contributed by atoms with Crippen molar-refractivity contribution in [3.05, 3.63) is 76.9 Å². The van der Waals surface area contributed by atoms with Gasteiger partial charge in [0.05, 0.1) is 10.8 Å². The molecule has 4 aromatic rings. The number of aryl methyl sites for hydroxylation is 2. The first-order valence-corrected chi connectivity index (χ1v) is 14.9. The molecule has 40 heavy (non-hydrogen) atoms. The number of fused-ring (bicyclic) bond motifs is 5. The lowest BCUT2D eigenvalue weighted by Gasteiger charge is -2.33. The maximum atomic E-state index is 13.9. The third-order valence-corrected chi connectivity index (χ3v) is 9.82. The van der Waals surface area contributed by atoms with Crippen molar-refractivity contribution in [1.29, 1.82) is 0 Å². The van der Waals surface area contributed by atoms with Crippen LogP contribution in [0.3, 0.4) is 0 Å².